The number of H-pyrrole nitrogens is 1. The lowest BCUT2D eigenvalue weighted by Gasteiger charge is -2.35. The Bertz CT molecular complexity index is 1320. The van der Waals surface area contributed by atoms with Crippen molar-refractivity contribution >= 4 is 28.1 Å². The third-order valence-electron chi connectivity index (χ3n) is 5.83. The number of rotatable bonds is 4. The van der Waals surface area contributed by atoms with Crippen molar-refractivity contribution in [2.24, 2.45) is 7.05 Å². The van der Waals surface area contributed by atoms with Crippen molar-refractivity contribution < 1.29 is 9.13 Å². The van der Waals surface area contributed by atoms with Gasteiger partial charge in [-0.3, -0.25) is 9.89 Å². The summed E-state index contributed by atoms with van der Waals surface area (Å²) in [4.78, 5) is 19.6. The predicted molar refractivity (Wildman–Crippen MR) is 122 cm³/mol. The second-order valence-corrected chi connectivity index (χ2v) is 7.89. The van der Waals surface area contributed by atoms with Crippen LogP contribution in [-0.2, 0) is 11.8 Å². The Morgan fingerprint density at radius 1 is 1.25 bits per heavy atom. The molecule has 1 fully saturated rings. The molecule has 0 unspecified atom stereocenters. The number of pyridine rings is 2. The summed E-state index contributed by atoms with van der Waals surface area (Å²) in [6.45, 7) is 4.27. The molecule has 164 valence electrons. The number of fused-ring (bicyclic) bond motifs is 1. The van der Waals surface area contributed by atoms with Gasteiger partial charge in [0, 0.05) is 36.8 Å². The van der Waals surface area contributed by atoms with Gasteiger partial charge in [-0.2, -0.15) is 5.10 Å². The molecule has 4 heterocycles. The van der Waals surface area contributed by atoms with E-state index in [-0.39, 0.29) is 17.3 Å². The highest BCUT2D eigenvalue weighted by Gasteiger charge is 2.20. The summed E-state index contributed by atoms with van der Waals surface area (Å²) < 4.78 is 22.2. The molecule has 32 heavy (non-hydrogen) atoms. The van der Waals surface area contributed by atoms with Gasteiger partial charge in [-0.1, -0.05) is 0 Å². The summed E-state index contributed by atoms with van der Waals surface area (Å²) in [5, 5.41) is 10.1. The van der Waals surface area contributed by atoms with E-state index >= 15 is 4.39 Å². The largest absolute Gasteiger partial charge is 0.377 e. The Hall–Kier alpha value is -3.72. The third-order valence-corrected chi connectivity index (χ3v) is 5.83. The van der Waals surface area contributed by atoms with E-state index in [2.05, 4.69) is 32.3 Å². The molecule has 0 bridgehead atoms. The predicted octanol–water partition coefficient (Wildman–Crippen LogP) is 3.43. The minimum atomic E-state index is -0.433. The minimum Gasteiger partial charge on any atom is -0.377 e. The van der Waals surface area contributed by atoms with Gasteiger partial charge in [0.25, 0.3) is 5.56 Å². The summed E-state index contributed by atoms with van der Waals surface area (Å²) in [6, 6.07) is 10.6. The number of aromatic amines is 1. The third kappa shape index (κ3) is 3.50. The number of aromatic nitrogens is 4. The average Bonchev–Trinajstić information content (AvgIpc) is 3.34. The summed E-state index contributed by atoms with van der Waals surface area (Å²) in [5.41, 5.74) is 2.34. The topological polar surface area (TPSA) is 88.1 Å². The maximum Gasteiger partial charge on any atom is 0.274 e. The van der Waals surface area contributed by atoms with Crippen molar-refractivity contribution in [2.75, 3.05) is 30.0 Å². The summed E-state index contributed by atoms with van der Waals surface area (Å²) in [7, 11) is 1.62. The van der Waals surface area contributed by atoms with Crippen LogP contribution in [0.4, 0.5) is 21.6 Å². The number of nitrogens with zero attached hydrogens (tertiary/aromatic N) is 4. The zero-order valence-electron chi connectivity index (χ0n) is 17.8. The molecule has 9 heteroatoms. The summed E-state index contributed by atoms with van der Waals surface area (Å²) in [6.07, 6.45) is 3.41. The lowest BCUT2D eigenvalue weighted by atomic mass is 10.1. The normalized spacial score (nSPS) is 16.5. The minimum absolute atomic E-state index is 0.248. The number of hydrogen-bond donors (Lipinski definition) is 2. The molecule has 8 nitrogen and oxygen atoms in total. The fraction of sp³-hybridized carbons (Fsp3) is 0.261. The van der Waals surface area contributed by atoms with Crippen LogP contribution < -0.4 is 15.8 Å². The molecule has 3 aromatic heterocycles. The highest BCUT2D eigenvalue weighted by atomic mass is 19.1. The Morgan fingerprint density at radius 2 is 2.12 bits per heavy atom. The van der Waals surface area contributed by atoms with Crippen LogP contribution in [0.1, 0.15) is 6.92 Å². The Labute approximate surface area is 183 Å². The van der Waals surface area contributed by atoms with Gasteiger partial charge in [0.05, 0.1) is 36.3 Å². The van der Waals surface area contributed by atoms with E-state index in [9.17, 15) is 4.79 Å². The summed E-state index contributed by atoms with van der Waals surface area (Å²) in [5.74, 6) is 0.0767. The molecule has 1 aliphatic rings. The zero-order valence-corrected chi connectivity index (χ0v) is 17.8. The van der Waals surface area contributed by atoms with Crippen LogP contribution in [0.2, 0.25) is 0 Å². The first-order valence-electron chi connectivity index (χ1n) is 10.4. The van der Waals surface area contributed by atoms with Crippen molar-refractivity contribution in [3.05, 3.63) is 65.0 Å². The van der Waals surface area contributed by atoms with Gasteiger partial charge in [-0.25, -0.2) is 9.37 Å². The first-order valence-corrected chi connectivity index (χ1v) is 10.4. The van der Waals surface area contributed by atoms with E-state index in [0.717, 1.165) is 12.2 Å². The van der Waals surface area contributed by atoms with E-state index in [1.807, 2.05) is 12.1 Å². The van der Waals surface area contributed by atoms with Crippen molar-refractivity contribution in [1.29, 1.82) is 0 Å². The zero-order chi connectivity index (χ0) is 22.2. The SMILES string of the molecule is C[C@H]1COCCN1c1ccc(Nc2cc3c(F)c(-c4cc[nH]n4)ccc3n(C)c2=O)nc1. The molecule has 1 atom stereocenters. The molecule has 0 saturated carbocycles. The fourth-order valence-corrected chi connectivity index (χ4v) is 4.08. The van der Waals surface area contributed by atoms with E-state index in [4.69, 9.17) is 4.74 Å². The molecule has 1 aromatic carbocycles. The summed E-state index contributed by atoms with van der Waals surface area (Å²) >= 11 is 0. The second-order valence-electron chi connectivity index (χ2n) is 7.89. The van der Waals surface area contributed by atoms with Crippen LogP contribution in [0.15, 0.2) is 53.6 Å². The molecule has 1 saturated heterocycles. The quantitative estimate of drug-likeness (QED) is 0.512. The van der Waals surface area contributed by atoms with Gasteiger partial charge in [-0.15, -0.1) is 0 Å². The standard InChI is InChI=1S/C23H23FN6O2/c1-14-13-32-10-9-30(14)15-3-6-21(25-12-15)27-19-11-17-20(29(2)23(19)31)5-4-16(22(17)24)18-7-8-26-28-18/h3-8,11-12,14H,9-10,13H2,1-2H3,(H,25,27)(H,26,28)/t14-/m0/s1. The van der Waals surface area contributed by atoms with Crippen molar-refractivity contribution in [2.45, 2.75) is 13.0 Å². The smallest absolute Gasteiger partial charge is 0.274 e. The van der Waals surface area contributed by atoms with Crippen molar-refractivity contribution in [1.82, 2.24) is 19.7 Å². The van der Waals surface area contributed by atoms with E-state index in [0.29, 0.717) is 41.2 Å². The van der Waals surface area contributed by atoms with Crippen LogP contribution in [0, 0.1) is 5.82 Å². The van der Waals surface area contributed by atoms with Gasteiger partial charge in [0.1, 0.15) is 17.3 Å². The number of nitrogens with one attached hydrogen (secondary N) is 2. The van der Waals surface area contributed by atoms with Crippen LogP contribution >= 0.6 is 0 Å². The van der Waals surface area contributed by atoms with E-state index in [1.54, 1.807) is 37.6 Å². The number of hydrogen-bond acceptors (Lipinski definition) is 6. The lowest BCUT2D eigenvalue weighted by molar-refractivity contribution is 0.0989. The number of anilines is 3. The Morgan fingerprint density at radius 3 is 2.84 bits per heavy atom. The van der Waals surface area contributed by atoms with Crippen LogP contribution in [0.25, 0.3) is 22.2 Å². The number of halogens is 1. The molecule has 0 radical (unpaired) electrons. The van der Waals surface area contributed by atoms with Gasteiger partial charge in [0.15, 0.2) is 0 Å². The molecule has 5 rings (SSSR count). The Kier molecular flexibility index (Phi) is 5.10. The molecule has 2 N–H and O–H groups in total. The maximum atomic E-state index is 15.3. The van der Waals surface area contributed by atoms with Crippen LogP contribution in [0.5, 0.6) is 0 Å². The number of benzene rings is 1. The molecule has 0 spiro atoms. The lowest BCUT2D eigenvalue weighted by Crippen LogP contribution is -2.43. The fourth-order valence-electron chi connectivity index (χ4n) is 4.08. The highest BCUT2D eigenvalue weighted by molar-refractivity contribution is 5.88. The van der Waals surface area contributed by atoms with Crippen LogP contribution in [0.3, 0.4) is 0 Å². The highest BCUT2D eigenvalue weighted by Crippen LogP contribution is 2.29. The molecular weight excluding hydrogens is 411 g/mol. The van der Waals surface area contributed by atoms with Crippen molar-refractivity contribution in [3.8, 4) is 11.3 Å². The molecule has 0 amide bonds. The molecule has 4 aromatic rings. The van der Waals surface area contributed by atoms with E-state index in [1.165, 1.54) is 10.6 Å². The maximum absolute atomic E-state index is 15.3. The number of aryl methyl sites for hydroxylation is 1. The second kappa shape index (κ2) is 8.08. The molecular formula is C23H23FN6O2. The Balaban J connectivity index is 1.49. The molecule has 1 aliphatic heterocycles. The van der Waals surface area contributed by atoms with E-state index < -0.39 is 5.82 Å². The first kappa shape index (κ1) is 20.2. The number of morpholine rings is 1. The molecule has 0 aliphatic carbocycles. The van der Waals surface area contributed by atoms with Gasteiger partial charge in [0.2, 0.25) is 0 Å². The van der Waals surface area contributed by atoms with Gasteiger partial charge >= 0.3 is 0 Å². The monoisotopic (exact) mass is 434 g/mol. The van der Waals surface area contributed by atoms with Gasteiger partial charge in [-0.05, 0) is 43.3 Å². The van der Waals surface area contributed by atoms with Crippen LogP contribution in [-0.4, -0.2) is 45.5 Å². The average molecular weight is 434 g/mol. The first-order chi connectivity index (χ1) is 15.5. The van der Waals surface area contributed by atoms with Gasteiger partial charge < -0.3 is 19.5 Å². The number of ether oxygens (including phenoxy) is 1. The van der Waals surface area contributed by atoms with Crippen molar-refractivity contribution in [3.63, 3.8) is 0 Å².